The molecule has 0 atom stereocenters. The third-order valence-corrected chi connectivity index (χ3v) is 2.27. The minimum atomic E-state index is -0.491. The zero-order chi connectivity index (χ0) is 13.0. The Morgan fingerprint density at radius 1 is 1.29 bits per heavy atom. The first kappa shape index (κ1) is 13.2. The van der Waals surface area contributed by atoms with Crippen LogP contribution in [0.25, 0.3) is 0 Å². The molecule has 1 heterocycles. The zero-order valence-electron chi connectivity index (χ0n) is 10.4. The second kappa shape index (κ2) is 5.43. The summed E-state index contributed by atoms with van der Waals surface area (Å²) >= 11 is 0. The summed E-state index contributed by atoms with van der Waals surface area (Å²) in [4.78, 5) is 27.0. The molecule has 0 aliphatic heterocycles. The Kier molecular flexibility index (Phi) is 4.20. The largest absolute Gasteiger partial charge is 0.465 e. The summed E-state index contributed by atoms with van der Waals surface area (Å²) in [5.74, 6) is -0.946. The molecule has 0 unspecified atom stereocenters. The minimum absolute atomic E-state index is 0.203. The fourth-order valence-electron chi connectivity index (χ4n) is 1.55. The van der Waals surface area contributed by atoms with Crippen molar-refractivity contribution in [2.45, 2.75) is 20.8 Å². The Hall–Kier alpha value is -1.91. The summed E-state index contributed by atoms with van der Waals surface area (Å²) in [5, 5.41) is 0. The Morgan fingerprint density at radius 2 is 1.94 bits per heavy atom. The van der Waals surface area contributed by atoms with Gasteiger partial charge in [-0.15, -0.1) is 0 Å². The van der Waals surface area contributed by atoms with Gasteiger partial charge in [0.15, 0.2) is 0 Å². The van der Waals surface area contributed by atoms with Gasteiger partial charge in [0.2, 0.25) is 0 Å². The number of esters is 2. The molecule has 5 nitrogen and oxygen atoms in total. The Labute approximate surface area is 99.8 Å². The number of ether oxygens (including phenoxy) is 2. The van der Waals surface area contributed by atoms with Crippen LogP contribution in [0, 0.1) is 13.8 Å². The van der Waals surface area contributed by atoms with Gasteiger partial charge in [-0.3, -0.25) is 0 Å². The van der Waals surface area contributed by atoms with Crippen molar-refractivity contribution in [3.05, 3.63) is 28.6 Å². The minimum Gasteiger partial charge on any atom is -0.465 e. The molecule has 0 saturated heterocycles. The van der Waals surface area contributed by atoms with Gasteiger partial charge in [-0.2, -0.15) is 0 Å². The van der Waals surface area contributed by atoms with Crippen LogP contribution >= 0.6 is 0 Å². The highest BCUT2D eigenvalue weighted by atomic mass is 16.5. The van der Waals surface area contributed by atoms with Gasteiger partial charge in [0, 0.05) is 0 Å². The Morgan fingerprint density at radius 3 is 2.41 bits per heavy atom. The molecule has 1 rings (SSSR count). The van der Waals surface area contributed by atoms with E-state index < -0.39 is 11.9 Å². The van der Waals surface area contributed by atoms with Crippen LogP contribution in [0.15, 0.2) is 6.07 Å². The van der Waals surface area contributed by atoms with E-state index in [0.29, 0.717) is 16.8 Å². The molecule has 0 saturated carbocycles. The van der Waals surface area contributed by atoms with Crippen molar-refractivity contribution in [1.29, 1.82) is 0 Å². The average molecular weight is 237 g/mol. The molecule has 0 amide bonds. The maximum Gasteiger partial charge on any atom is 0.356 e. The van der Waals surface area contributed by atoms with Crippen molar-refractivity contribution < 1.29 is 19.1 Å². The van der Waals surface area contributed by atoms with Gasteiger partial charge in [-0.25, -0.2) is 14.6 Å². The van der Waals surface area contributed by atoms with Crippen LogP contribution in [0.4, 0.5) is 0 Å². The second-order valence-corrected chi connectivity index (χ2v) is 3.50. The first-order chi connectivity index (χ1) is 8.01. The molecule has 0 N–H and O–H groups in total. The van der Waals surface area contributed by atoms with Crippen molar-refractivity contribution in [2.75, 3.05) is 13.7 Å². The molecule has 0 aromatic carbocycles. The predicted octanol–water partition coefficient (Wildman–Crippen LogP) is 1.66. The summed E-state index contributed by atoms with van der Waals surface area (Å²) in [6.45, 7) is 5.39. The van der Waals surface area contributed by atoms with Crippen LogP contribution in [-0.2, 0) is 9.47 Å². The van der Waals surface area contributed by atoms with E-state index in [9.17, 15) is 9.59 Å². The van der Waals surface area contributed by atoms with Crippen molar-refractivity contribution >= 4 is 11.9 Å². The predicted molar refractivity (Wildman–Crippen MR) is 61.0 cm³/mol. The monoisotopic (exact) mass is 237 g/mol. The van der Waals surface area contributed by atoms with E-state index in [1.807, 2.05) is 0 Å². The number of carbonyl (C=O) groups excluding carboxylic acids is 2. The summed E-state index contributed by atoms with van der Waals surface area (Å²) < 4.78 is 9.50. The number of aromatic nitrogens is 1. The van der Waals surface area contributed by atoms with Crippen LogP contribution in [0.5, 0.6) is 0 Å². The molecule has 17 heavy (non-hydrogen) atoms. The van der Waals surface area contributed by atoms with Gasteiger partial charge >= 0.3 is 11.9 Å². The van der Waals surface area contributed by atoms with E-state index in [0.717, 1.165) is 0 Å². The number of hydrogen-bond donors (Lipinski definition) is 0. The van der Waals surface area contributed by atoms with Gasteiger partial charge < -0.3 is 9.47 Å². The molecule has 0 fully saturated rings. The number of carbonyl (C=O) groups is 2. The van der Waals surface area contributed by atoms with Crippen LogP contribution in [0.2, 0.25) is 0 Å². The normalized spacial score (nSPS) is 9.88. The molecule has 5 heteroatoms. The number of pyridine rings is 1. The van der Waals surface area contributed by atoms with Crippen molar-refractivity contribution in [3.63, 3.8) is 0 Å². The lowest BCUT2D eigenvalue weighted by Crippen LogP contribution is -2.13. The number of aryl methyl sites for hydroxylation is 2. The lowest BCUT2D eigenvalue weighted by atomic mass is 10.1. The van der Waals surface area contributed by atoms with Crippen LogP contribution in [0.3, 0.4) is 0 Å². The van der Waals surface area contributed by atoms with Crippen molar-refractivity contribution in [2.24, 2.45) is 0 Å². The number of rotatable bonds is 3. The van der Waals surface area contributed by atoms with Crippen LogP contribution in [-0.4, -0.2) is 30.6 Å². The van der Waals surface area contributed by atoms with Crippen LogP contribution in [0.1, 0.15) is 39.0 Å². The third-order valence-electron chi connectivity index (χ3n) is 2.27. The van der Waals surface area contributed by atoms with E-state index >= 15 is 0 Å². The van der Waals surface area contributed by atoms with Gasteiger partial charge in [0.25, 0.3) is 0 Å². The lowest BCUT2D eigenvalue weighted by Gasteiger charge is -2.09. The SMILES string of the molecule is CCOC(=O)c1cc(C)c(C(=O)OC)c(C)n1. The van der Waals surface area contributed by atoms with Gasteiger partial charge in [-0.05, 0) is 32.4 Å². The highest BCUT2D eigenvalue weighted by Crippen LogP contribution is 2.15. The number of nitrogens with zero attached hydrogens (tertiary/aromatic N) is 1. The highest BCUT2D eigenvalue weighted by Gasteiger charge is 2.18. The zero-order valence-corrected chi connectivity index (χ0v) is 10.4. The van der Waals surface area contributed by atoms with Gasteiger partial charge in [0.05, 0.1) is 25.0 Å². The average Bonchev–Trinajstić information content (AvgIpc) is 2.28. The van der Waals surface area contributed by atoms with E-state index in [1.54, 1.807) is 20.8 Å². The molecule has 0 spiro atoms. The smallest absolute Gasteiger partial charge is 0.356 e. The fourth-order valence-corrected chi connectivity index (χ4v) is 1.55. The first-order valence-electron chi connectivity index (χ1n) is 5.25. The molecule has 1 aromatic heterocycles. The molecule has 0 radical (unpaired) electrons. The summed E-state index contributed by atoms with van der Waals surface area (Å²) in [7, 11) is 1.31. The maximum atomic E-state index is 11.5. The van der Waals surface area contributed by atoms with E-state index in [-0.39, 0.29) is 12.3 Å². The molecule has 0 bridgehead atoms. The van der Waals surface area contributed by atoms with E-state index in [4.69, 9.17) is 4.74 Å². The van der Waals surface area contributed by atoms with E-state index in [1.165, 1.54) is 13.2 Å². The molecule has 0 aliphatic rings. The summed E-state index contributed by atoms with van der Waals surface area (Å²) in [6, 6.07) is 1.53. The Balaban J connectivity index is 3.18. The highest BCUT2D eigenvalue weighted by molar-refractivity contribution is 5.94. The Bertz CT molecular complexity index is 431. The molecule has 0 aliphatic carbocycles. The number of hydrogen-bond acceptors (Lipinski definition) is 5. The van der Waals surface area contributed by atoms with Crippen molar-refractivity contribution in [3.8, 4) is 0 Å². The van der Waals surface area contributed by atoms with Gasteiger partial charge in [0.1, 0.15) is 5.69 Å². The maximum absolute atomic E-state index is 11.5. The first-order valence-corrected chi connectivity index (χ1v) is 5.25. The second-order valence-electron chi connectivity index (χ2n) is 3.50. The van der Waals surface area contributed by atoms with Crippen LogP contribution < -0.4 is 0 Å². The quantitative estimate of drug-likeness (QED) is 0.748. The van der Waals surface area contributed by atoms with Crippen molar-refractivity contribution in [1.82, 2.24) is 4.98 Å². The molecular formula is C12H15NO4. The molecule has 1 aromatic rings. The number of methoxy groups -OCH3 is 1. The van der Waals surface area contributed by atoms with Gasteiger partial charge in [-0.1, -0.05) is 0 Å². The fraction of sp³-hybridized carbons (Fsp3) is 0.417. The summed E-state index contributed by atoms with van der Waals surface area (Å²) in [5.41, 5.74) is 1.70. The molecular weight excluding hydrogens is 222 g/mol. The summed E-state index contributed by atoms with van der Waals surface area (Å²) in [6.07, 6.45) is 0. The topological polar surface area (TPSA) is 65.5 Å². The third kappa shape index (κ3) is 2.81. The standard InChI is InChI=1S/C12H15NO4/c1-5-17-11(14)9-6-7(2)10(8(3)13-9)12(15)16-4/h6H,5H2,1-4H3. The van der Waals surface area contributed by atoms with E-state index in [2.05, 4.69) is 9.72 Å². The molecule has 92 valence electrons. The lowest BCUT2D eigenvalue weighted by molar-refractivity contribution is 0.0515.